The topological polar surface area (TPSA) is 56.8 Å². The Labute approximate surface area is 147 Å². The Bertz CT molecular complexity index is 768. The molecule has 0 atom stereocenters. The second-order valence-electron chi connectivity index (χ2n) is 5.03. The molecule has 0 aliphatic heterocycles. The van der Waals surface area contributed by atoms with Crippen LogP contribution in [0.25, 0.3) is 6.08 Å². The van der Waals surface area contributed by atoms with Crippen LogP contribution in [-0.2, 0) is 4.79 Å². The molecule has 2 aromatic carbocycles. The third kappa shape index (κ3) is 5.14. The Kier molecular flexibility index (Phi) is 6.65. The Morgan fingerprint density at radius 2 is 1.84 bits per heavy atom. The van der Waals surface area contributed by atoms with Crippen LogP contribution in [0.15, 0.2) is 61.2 Å². The zero-order chi connectivity index (χ0) is 18.1. The summed E-state index contributed by atoms with van der Waals surface area (Å²) in [5.74, 6) is 1.57. The van der Waals surface area contributed by atoms with Gasteiger partial charge >= 0.3 is 0 Å². The van der Waals surface area contributed by atoms with Crippen LogP contribution in [0.2, 0.25) is 0 Å². The maximum absolute atomic E-state index is 12.2. The smallest absolute Gasteiger partial charge is 0.248 e. The zero-order valence-corrected chi connectivity index (χ0v) is 14.3. The van der Waals surface area contributed by atoms with Crippen molar-refractivity contribution in [2.45, 2.75) is 0 Å². The van der Waals surface area contributed by atoms with Gasteiger partial charge in [-0.25, -0.2) is 0 Å². The molecule has 0 radical (unpaired) electrons. The summed E-state index contributed by atoms with van der Waals surface area (Å²) in [5, 5.41) is 2.80. The van der Waals surface area contributed by atoms with Crippen LogP contribution in [0, 0.1) is 0 Å². The van der Waals surface area contributed by atoms with Gasteiger partial charge in [0, 0.05) is 6.08 Å². The molecule has 25 heavy (non-hydrogen) atoms. The summed E-state index contributed by atoms with van der Waals surface area (Å²) in [6.45, 7) is 3.98. The monoisotopic (exact) mass is 339 g/mol. The SMILES string of the molecule is C=CCOc1ccccc1NC(=O)/C=C/c1ccc(OC)c(OC)c1. The molecular weight excluding hydrogens is 318 g/mol. The summed E-state index contributed by atoms with van der Waals surface area (Å²) in [7, 11) is 3.14. The van der Waals surface area contributed by atoms with Crippen molar-refractivity contribution in [2.75, 3.05) is 26.1 Å². The Morgan fingerprint density at radius 1 is 1.08 bits per heavy atom. The molecule has 1 N–H and O–H groups in total. The highest BCUT2D eigenvalue weighted by Gasteiger charge is 2.06. The maximum Gasteiger partial charge on any atom is 0.248 e. The van der Waals surface area contributed by atoms with Gasteiger partial charge in [-0.2, -0.15) is 0 Å². The first-order valence-corrected chi connectivity index (χ1v) is 7.71. The highest BCUT2D eigenvalue weighted by molar-refractivity contribution is 6.02. The van der Waals surface area contributed by atoms with Crippen LogP contribution < -0.4 is 19.5 Å². The number of carbonyl (C=O) groups excluding carboxylic acids is 1. The minimum Gasteiger partial charge on any atom is -0.493 e. The molecule has 0 unspecified atom stereocenters. The molecule has 0 saturated heterocycles. The van der Waals surface area contributed by atoms with Crippen molar-refractivity contribution in [3.8, 4) is 17.2 Å². The predicted molar refractivity (Wildman–Crippen MR) is 99.3 cm³/mol. The molecule has 0 heterocycles. The van der Waals surface area contributed by atoms with Crippen LogP contribution in [-0.4, -0.2) is 26.7 Å². The summed E-state index contributed by atoms with van der Waals surface area (Å²) in [6, 6.07) is 12.7. The molecule has 130 valence electrons. The van der Waals surface area contributed by atoms with E-state index in [4.69, 9.17) is 14.2 Å². The molecule has 5 nitrogen and oxygen atoms in total. The minimum absolute atomic E-state index is 0.260. The molecule has 0 saturated carbocycles. The molecule has 2 rings (SSSR count). The van der Waals surface area contributed by atoms with Crippen molar-refractivity contribution >= 4 is 17.7 Å². The van der Waals surface area contributed by atoms with Gasteiger partial charge in [0.05, 0.1) is 19.9 Å². The van der Waals surface area contributed by atoms with E-state index >= 15 is 0 Å². The van der Waals surface area contributed by atoms with E-state index in [2.05, 4.69) is 11.9 Å². The number of hydrogen-bond donors (Lipinski definition) is 1. The van der Waals surface area contributed by atoms with Gasteiger partial charge in [-0.05, 0) is 35.9 Å². The number of methoxy groups -OCH3 is 2. The first-order valence-electron chi connectivity index (χ1n) is 7.71. The van der Waals surface area contributed by atoms with E-state index in [9.17, 15) is 4.79 Å². The number of ether oxygens (including phenoxy) is 3. The number of nitrogens with one attached hydrogen (secondary N) is 1. The fraction of sp³-hybridized carbons (Fsp3) is 0.150. The Morgan fingerprint density at radius 3 is 2.56 bits per heavy atom. The van der Waals surface area contributed by atoms with Gasteiger partial charge in [-0.1, -0.05) is 30.9 Å². The highest BCUT2D eigenvalue weighted by Crippen LogP contribution is 2.28. The highest BCUT2D eigenvalue weighted by atomic mass is 16.5. The second-order valence-corrected chi connectivity index (χ2v) is 5.03. The molecular formula is C20H21NO4. The van der Waals surface area contributed by atoms with Gasteiger partial charge in [0.2, 0.25) is 5.91 Å². The van der Waals surface area contributed by atoms with E-state index in [0.29, 0.717) is 29.5 Å². The van der Waals surface area contributed by atoms with Gasteiger partial charge in [-0.3, -0.25) is 4.79 Å². The number of amides is 1. The van der Waals surface area contributed by atoms with Crippen molar-refractivity contribution in [2.24, 2.45) is 0 Å². The molecule has 0 aliphatic carbocycles. The quantitative estimate of drug-likeness (QED) is 0.585. The summed E-state index contributed by atoms with van der Waals surface area (Å²) in [6.07, 6.45) is 4.80. The lowest BCUT2D eigenvalue weighted by Gasteiger charge is -2.10. The standard InChI is InChI=1S/C20H21NO4/c1-4-13-25-17-8-6-5-7-16(17)21-20(22)12-10-15-9-11-18(23-2)19(14-15)24-3/h4-12,14H,1,13H2,2-3H3,(H,21,22)/b12-10+. The number of benzene rings is 2. The second kappa shape index (κ2) is 9.17. The largest absolute Gasteiger partial charge is 0.493 e. The number of carbonyl (C=O) groups is 1. The van der Waals surface area contributed by atoms with Gasteiger partial charge < -0.3 is 19.5 Å². The van der Waals surface area contributed by atoms with Crippen molar-refractivity contribution in [3.63, 3.8) is 0 Å². The summed E-state index contributed by atoms with van der Waals surface area (Å²) >= 11 is 0. The Balaban J connectivity index is 2.07. The van der Waals surface area contributed by atoms with Crippen molar-refractivity contribution in [1.29, 1.82) is 0 Å². The molecule has 0 aliphatic rings. The molecule has 0 fully saturated rings. The first kappa shape index (κ1) is 18.1. The van der Waals surface area contributed by atoms with Crippen LogP contribution in [0.3, 0.4) is 0 Å². The van der Waals surface area contributed by atoms with E-state index in [1.807, 2.05) is 18.2 Å². The molecule has 5 heteroatoms. The lowest BCUT2D eigenvalue weighted by Crippen LogP contribution is -2.09. The van der Waals surface area contributed by atoms with Crippen molar-refractivity contribution < 1.29 is 19.0 Å². The van der Waals surface area contributed by atoms with Gasteiger partial charge in [0.1, 0.15) is 12.4 Å². The fourth-order valence-corrected chi connectivity index (χ4v) is 2.15. The van der Waals surface area contributed by atoms with Crippen LogP contribution in [0.5, 0.6) is 17.2 Å². The average molecular weight is 339 g/mol. The molecule has 0 aromatic heterocycles. The van der Waals surface area contributed by atoms with Crippen LogP contribution in [0.1, 0.15) is 5.56 Å². The van der Waals surface area contributed by atoms with Gasteiger partial charge in [0.25, 0.3) is 0 Å². The van der Waals surface area contributed by atoms with Crippen molar-refractivity contribution in [3.05, 3.63) is 66.8 Å². The van der Waals surface area contributed by atoms with E-state index in [1.165, 1.54) is 6.08 Å². The van der Waals surface area contributed by atoms with E-state index < -0.39 is 0 Å². The average Bonchev–Trinajstić information content (AvgIpc) is 2.65. The first-order chi connectivity index (χ1) is 12.2. The summed E-state index contributed by atoms with van der Waals surface area (Å²) in [5.41, 5.74) is 1.43. The Hall–Kier alpha value is -3.21. The van der Waals surface area contributed by atoms with E-state index in [1.54, 1.807) is 50.6 Å². The number of anilines is 1. The maximum atomic E-state index is 12.2. The lowest BCUT2D eigenvalue weighted by molar-refractivity contribution is -0.111. The zero-order valence-electron chi connectivity index (χ0n) is 14.3. The van der Waals surface area contributed by atoms with Gasteiger partial charge in [0.15, 0.2) is 11.5 Å². The summed E-state index contributed by atoms with van der Waals surface area (Å²) in [4.78, 5) is 12.2. The van der Waals surface area contributed by atoms with E-state index in [-0.39, 0.29) is 5.91 Å². The third-order valence-electron chi connectivity index (χ3n) is 3.34. The van der Waals surface area contributed by atoms with E-state index in [0.717, 1.165) is 5.56 Å². The third-order valence-corrected chi connectivity index (χ3v) is 3.34. The normalized spacial score (nSPS) is 10.3. The number of hydrogen-bond acceptors (Lipinski definition) is 4. The molecule has 0 spiro atoms. The number of rotatable bonds is 8. The van der Waals surface area contributed by atoms with Crippen molar-refractivity contribution in [1.82, 2.24) is 0 Å². The summed E-state index contributed by atoms with van der Waals surface area (Å²) < 4.78 is 16.0. The predicted octanol–water partition coefficient (Wildman–Crippen LogP) is 3.92. The van der Waals surface area contributed by atoms with Crippen LogP contribution in [0.4, 0.5) is 5.69 Å². The molecule has 0 bridgehead atoms. The van der Waals surface area contributed by atoms with Crippen LogP contribution >= 0.6 is 0 Å². The van der Waals surface area contributed by atoms with Gasteiger partial charge in [-0.15, -0.1) is 0 Å². The molecule has 1 amide bonds. The minimum atomic E-state index is -0.260. The lowest BCUT2D eigenvalue weighted by atomic mass is 10.2. The molecule has 2 aromatic rings. The number of para-hydroxylation sites is 2. The fourth-order valence-electron chi connectivity index (χ4n) is 2.15.